The molecule has 1 aliphatic heterocycles. The molecular weight excluding hydrogens is 180 g/mol. The molecule has 0 spiro atoms. The third-order valence-electron chi connectivity index (χ3n) is 1.92. The maximum Gasteiger partial charge on any atom is 0.276 e. The number of hydrogen-bond donors (Lipinski definition) is 1. The molecule has 1 aliphatic rings. The number of hydrogen-bond acceptors (Lipinski definition) is 3. The predicted octanol–water partition coefficient (Wildman–Crippen LogP) is 2.55. The SMILES string of the molecule is CCCCC=CC=C(O)OCC1CO1. The molecule has 1 unspecified atom stereocenters. The lowest BCUT2D eigenvalue weighted by molar-refractivity contribution is 0.0823. The molecule has 0 aromatic rings. The number of rotatable bonds is 7. The van der Waals surface area contributed by atoms with E-state index in [2.05, 4.69) is 6.92 Å². The van der Waals surface area contributed by atoms with Crippen LogP contribution in [-0.2, 0) is 9.47 Å². The molecule has 3 heteroatoms. The van der Waals surface area contributed by atoms with Crippen molar-refractivity contribution < 1.29 is 14.6 Å². The first kappa shape index (κ1) is 11.1. The molecule has 1 atom stereocenters. The monoisotopic (exact) mass is 198 g/mol. The summed E-state index contributed by atoms with van der Waals surface area (Å²) in [5.41, 5.74) is 0. The van der Waals surface area contributed by atoms with Crippen LogP contribution in [0.5, 0.6) is 0 Å². The summed E-state index contributed by atoms with van der Waals surface area (Å²) in [4.78, 5) is 0. The highest BCUT2D eigenvalue weighted by atomic mass is 16.6. The molecule has 1 fully saturated rings. The van der Waals surface area contributed by atoms with Crippen LogP contribution in [-0.4, -0.2) is 24.4 Å². The van der Waals surface area contributed by atoms with E-state index in [0.29, 0.717) is 6.61 Å². The molecule has 1 N–H and O–H groups in total. The number of allylic oxidation sites excluding steroid dienone is 3. The van der Waals surface area contributed by atoms with Gasteiger partial charge in [-0.15, -0.1) is 0 Å². The van der Waals surface area contributed by atoms with Gasteiger partial charge in [-0.05, 0) is 6.42 Å². The van der Waals surface area contributed by atoms with E-state index in [1.165, 1.54) is 12.8 Å². The van der Waals surface area contributed by atoms with E-state index in [-0.39, 0.29) is 12.0 Å². The number of epoxide rings is 1. The van der Waals surface area contributed by atoms with E-state index >= 15 is 0 Å². The van der Waals surface area contributed by atoms with Gasteiger partial charge in [0.2, 0.25) is 0 Å². The van der Waals surface area contributed by atoms with Crippen molar-refractivity contribution in [1.82, 2.24) is 0 Å². The fourth-order valence-corrected chi connectivity index (χ4v) is 0.959. The maximum atomic E-state index is 9.21. The summed E-state index contributed by atoms with van der Waals surface area (Å²) >= 11 is 0. The number of unbranched alkanes of at least 4 members (excludes halogenated alkanes) is 2. The highest BCUT2D eigenvalue weighted by Crippen LogP contribution is 2.10. The molecule has 14 heavy (non-hydrogen) atoms. The lowest BCUT2D eigenvalue weighted by Gasteiger charge is -1.99. The maximum absolute atomic E-state index is 9.21. The molecule has 0 bridgehead atoms. The predicted molar refractivity (Wildman–Crippen MR) is 55.1 cm³/mol. The van der Waals surface area contributed by atoms with Crippen LogP contribution in [0.4, 0.5) is 0 Å². The van der Waals surface area contributed by atoms with E-state index in [1.54, 1.807) is 6.08 Å². The van der Waals surface area contributed by atoms with Gasteiger partial charge in [-0.3, -0.25) is 0 Å². The average Bonchev–Trinajstić information content (AvgIpc) is 2.98. The van der Waals surface area contributed by atoms with Crippen LogP contribution in [0, 0.1) is 0 Å². The van der Waals surface area contributed by atoms with Crippen LogP contribution in [0.25, 0.3) is 0 Å². The molecule has 1 rings (SSSR count). The number of aliphatic hydroxyl groups is 1. The normalized spacial score (nSPS) is 21.5. The van der Waals surface area contributed by atoms with Gasteiger partial charge in [-0.25, -0.2) is 0 Å². The summed E-state index contributed by atoms with van der Waals surface area (Å²) in [5.74, 6) is -0.0340. The first-order valence-corrected chi connectivity index (χ1v) is 5.13. The van der Waals surface area contributed by atoms with E-state index in [0.717, 1.165) is 13.0 Å². The summed E-state index contributed by atoms with van der Waals surface area (Å²) in [6.07, 6.45) is 9.02. The molecule has 0 saturated carbocycles. The van der Waals surface area contributed by atoms with Gasteiger partial charge < -0.3 is 14.6 Å². The van der Waals surface area contributed by atoms with E-state index in [1.807, 2.05) is 12.2 Å². The summed E-state index contributed by atoms with van der Waals surface area (Å²) in [6.45, 7) is 3.35. The van der Waals surface area contributed by atoms with Crippen molar-refractivity contribution in [3.05, 3.63) is 24.2 Å². The minimum Gasteiger partial charge on any atom is -0.481 e. The molecule has 0 aliphatic carbocycles. The fraction of sp³-hybridized carbons (Fsp3) is 0.636. The van der Waals surface area contributed by atoms with Crippen LogP contribution in [0.15, 0.2) is 24.2 Å². The van der Waals surface area contributed by atoms with Gasteiger partial charge >= 0.3 is 0 Å². The van der Waals surface area contributed by atoms with Crippen LogP contribution in [0.2, 0.25) is 0 Å². The van der Waals surface area contributed by atoms with E-state index in [9.17, 15) is 5.11 Å². The van der Waals surface area contributed by atoms with Gasteiger partial charge in [-0.1, -0.05) is 31.9 Å². The lowest BCUT2D eigenvalue weighted by Crippen LogP contribution is -2.00. The van der Waals surface area contributed by atoms with E-state index in [4.69, 9.17) is 9.47 Å². The summed E-state index contributed by atoms with van der Waals surface area (Å²) in [6, 6.07) is 0. The molecule has 0 radical (unpaired) electrons. The summed E-state index contributed by atoms with van der Waals surface area (Å²) < 4.78 is 9.95. The molecule has 1 saturated heterocycles. The largest absolute Gasteiger partial charge is 0.481 e. The molecule has 0 amide bonds. The van der Waals surface area contributed by atoms with Gasteiger partial charge in [0.05, 0.1) is 6.61 Å². The first-order chi connectivity index (χ1) is 6.83. The molecule has 1 heterocycles. The Morgan fingerprint density at radius 3 is 3.07 bits per heavy atom. The zero-order chi connectivity index (χ0) is 10.2. The van der Waals surface area contributed by atoms with Crippen LogP contribution < -0.4 is 0 Å². The first-order valence-electron chi connectivity index (χ1n) is 5.13. The van der Waals surface area contributed by atoms with Crippen molar-refractivity contribution in [2.75, 3.05) is 13.2 Å². The van der Waals surface area contributed by atoms with Crippen molar-refractivity contribution in [3.63, 3.8) is 0 Å². The molecule has 0 aromatic carbocycles. The summed E-state index contributed by atoms with van der Waals surface area (Å²) in [7, 11) is 0. The van der Waals surface area contributed by atoms with Crippen molar-refractivity contribution in [2.45, 2.75) is 32.3 Å². The van der Waals surface area contributed by atoms with E-state index < -0.39 is 0 Å². The van der Waals surface area contributed by atoms with Crippen LogP contribution in [0.3, 0.4) is 0 Å². The Morgan fingerprint density at radius 2 is 2.43 bits per heavy atom. The quantitative estimate of drug-likeness (QED) is 0.296. The van der Waals surface area contributed by atoms with Crippen molar-refractivity contribution >= 4 is 0 Å². The Balaban J connectivity index is 2.04. The zero-order valence-electron chi connectivity index (χ0n) is 8.61. The third-order valence-corrected chi connectivity index (χ3v) is 1.92. The minimum atomic E-state index is -0.0340. The van der Waals surface area contributed by atoms with Gasteiger partial charge in [-0.2, -0.15) is 0 Å². The van der Waals surface area contributed by atoms with Gasteiger partial charge in [0.25, 0.3) is 5.95 Å². The lowest BCUT2D eigenvalue weighted by atomic mass is 10.2. The van der Waals surface area contributed by atoms with Crippen molar-refractivity contribution in [3.8, 4) is 0 Å². The Morgan fingerprint density at radius 1 is 1.64 bits per heavy atom. The van der Waals surface area contributed by atoms with Crippen molar-refractivity contribution in [2.24, 2.45) is 0 Å². The molecule has 0 aromatic heterocycles. The smallest absolute Gasteiger partial charge is 0.276 e. The topological polar surface area (TPSA) is 42.0 Å². The van der Waals surface area contributed by atoms with Gasteiger partial charge in [0, 0.05) is 6.08 Å². The van der Waals surface area contributed by atoms with Crippen molar-refractivity contribution in [1.29, 1.82) is 0 Å². The van der Waals surface area contributed by atoms with Gasteiger partial charge in [0.15, 0.2) is 0 Å². The Kier molecular flexibility index (Phi) is 5.15. The second-order valence-electron chi connectivity index (χ2n) is 3.34. The Hall–Kier alpha value is -0.960. The molecule has 80 valence electrons. The highest BCUT2D eigenvalue weighted by molar-refractivity contribution is 5.02. The summed E-state index contributed by atoms with van der Waals surface area (Å²) in [5, 5.41) is 9.21. The van der Waals surface area contributed by atoms with Gasteiger partial charge in [0.1, 0.15) is 12.7 Å². The average molecular weight is 198 g/mol. The fourth-order valence-electron chi connectivity index (χ4n) is 0.959. The minimum absolute atomic E-state index is 0.0340. The highest BCUT2D eigenvalue weighted by Gasteiger charge is 2.23. The second-order valence-corrected chi connectivity index (χ2v) is 3.34. The Labute approximate surface area is 85.0 Å². The van der Waals surface area contributed by atoms with Crippen LogP contribution >= 0.6 is 0 Å². The number of aliphatic hydroxyl groups excluding tert-OH is 1. The number of ether oxygens (including phenoxy) is 2. The molecular formula is C11H18O3. The zero-order valence-corrected chi connectivity index (χ0v) is 8.61. The molecule has 3 nitrogen and oxygen atoms in total. The Bertz CT molecular complexity index is 205. The van der Waals surface area contributed by atoms with Crippen LogP contribution in [0.1, 0.15) is 26.2 Å². The second kappa shape index (κ2) is 6.49. The standard InChI is InChI=1S/C11H18O3/c1-2-3-4-5-6-7-11(12)14-9-10-8-13-10/h5-7,10,12H,2-4,8-9H2,1H3. The third kappa shape index (κ3) is 5.65.